The lowest BCUT2D eigenvalue weighted by atomic mass is 10.0. The molecule has 6 heteroatoms. The predicted molar refractivity (Wildman–Crippen MR) is 109 cm³/mol. The Morgan fingerprint density at radius 1 is 1.14 bits per heavy atom. The van der Waals surface area contributed by atoms with Gasteiger partial charge in [0.15, 0.2) is 0 Å². The van der Waals surface area contributed by atoms with Crippen molar-refractivity contribution < 1.29 is 18.7 Å². The van der Waals surface area contributed by atoms with E-state index in [2.05, 4.69) is 4.98 Å². The maximum Gasteiger partial charge on any atom is 0.282 e. The largest absolute Gasteiger partial charge is 0.441 e. The number of carbonyl (C=O) groups excluding carboxylic acids is 1. The summed E-state index contributed by atoms with van der Waals surface area (Å²) in [6.07, 6.45) is 5.00. The van der Waals surface area contributed by atoms with Crippen LogP contribution in [0.15, 0.2) is 34.7 Å². The first-order valence-corrected chi connectivity index (χ1v) is 10.6. The van der Waals surface area contributed by atoms with Gasteiger partial charge >= 0.3 is 0 Å². The number of rotatable bonds is 5. The summed E-state index contributed by atoms with van der Waals surface area (Å²) in [7, 11) is 0. The molecular weight excluding hydrogens is 368 g/mol. The minimum atomic E-state index is -1.14. The van der Waals surface area contributed by atoms with Crippen LogP contribution in [0.2, 0.25) is 0 Å². The van der Waals surface area contributed by atoms with Gasteiger partial charge in [0, 0.05) is 24.6 Å². The van der Waals surface area contributed by atoms with E-state index in [1.165, 1.54) is 6.42 Å². The van der Waals surface area contributed by atoms with Crippen LogP contribution < -0.4 is 0 Å². The van der Waals surface area contributed by atoms with Gasteiger partial charge in [-0.1, -0.05) is 18.2 Å². The van der Waals surface area contributed by atoms with E-state index in [1.807, 2.05) is 42.2 Å². The van der Waals surface area contributed by atoms with Gasteiger partial charge in [-0.15, -0.1) is 0 Å². The van der Waals surface area contributed by atoms with E-state index in [9.17, 15) is 4.79 Å². The molecule has 0 saturated carbocycles. The number of ether oxygens (including phenoxy) is 2. The van der Waals surface area contributed by atoms with Crippen LogP contribution in [-0.2, 0) is 20.7 Å². The first kappa shape index (κ1) is 20.1. The van der Waals surface area contributed by atoms with Crippen LogP contribution in [0.1, 0.15) is 44.1 Å². The average molecular weight is 399 g/mol. The molecule has 2 aromatic rings. The van der Waals surface area contributed by atoms with Crippen molar-refractivity contribution in [3.8, 4) is 11.5 Å². The minimum absolute atomic E-state index is 0.0319. The maximum absolute atomic E-state index is 12.8. The molecule has 0 bridgehead atoms. The van der Waals surface area contributed by atoms with Gasteiger partial charge in [0.25, 0.3) is 5.91 Å². The van der Waals surface area contributed by atoms with Gasteiger partial charge in [-0.25, -0.2) is 4.98 Å². The zero-order chi connectivity index (χ0) is 20.3. The lowest BCUT2D eigenvalue weighted by Crippen LogP contribution is -2.55. The Balaban J connectivity index is 1.30. The highest BCUT2D eigenvalue weighted by molar-refractivity contribution is 5.83. The highest BCUT2D eigenvalue weighted by Gasteiger charge is 2.43. The third-order valence-electron chi connectivity index (χ3n) is 5.92. The van der Waals surface area contributed by atoms with E-state index < -0.39 is 5.79 Å². The molecule has 156 valence electrons. The Hall–Kier alpha value is -2.18. The zero-order valence-corrected chi connectivity index (χ0v) is 17.4. The first-order valence-electron chi connectivity index (χ1n) is 10.6. The Bertz CT molecular complexity index is 819. The minimum Gasteiger partial charge on any atom is -0.441 e. The monoisotopic (exact) mass is 398 g/mol. The number of oxazole rings is 1. The molecule has 1 aromatic heterocycles. The summed E-state index contributed by atoms with van der Waals surface area (Å²) in [6, 6.07) is 9.93. The number of hydrogen-bond acceptors (Lipinski definition) is 5. The number of carbonyl (C=O) groups is 1. The fourth-order valence-electron chi connectivity index (χ4n) is 4.02. The molecule has 29 heavy (non-hydrogen) atoms. The van der Waals surface area contributed by atoms with E-state index in [-0.39, 0.29) is 11.8 Å². The zero-order valence-electron chi connectivity index (χ0n) is 17.4. The molecule has 3 heterocycles. The van der Waals surface area contributed by atoms with Crippen molar-refractivity contribution >= 4 is 5.91 Å². The van der Waals surface area contributed by atoms with Crippen molar-refractivity contribution in [3.63, 3.8) is 0 Å². The van der Waals surface area contributed by atoms with Crippen molar-refractivity contribution in [1.82, 2.24) is 9.88 Å². The lowest BCUT2D eigenvalue weighted by Gasteiger charge is -2.40. The van der Waals surface area contributed by atoms with Crippen molar-refractivity contribution in [2.45, 2.75) is 51.7 Å². The molecule has 0 N–H and O–H groups in total. The van der Waals surface area contributed by atoms with Gasteiger partial charge < -0.3 is 18.8 Å². The predicted octanol–water partition coefficient (Wildman–Crippen LogP) is 3.97. The average Bonchev–Trinajstić information content (AvgIpc) is 3.15. The van der Waals surface area contributed by atoms with Crippen molar-refractivity contribution in [3.05, 3.63) is 41.8 Å². The van der Waals surface area contributed by atoms with Gasteiger partial charge in [0.05, 0.1) is 18.9 Å². The smallest absolute Gasteiger partial charge is 0.282 e. The van der Waals surface area contributed by atoms with Gasteiger partial charge in [0.1, 0.15) is 5.76 Å². The number of benzene rings is 1. The molecule has 1 amide bonds. The van der Waals surface area contributed by atoms with E-state index in [1.54, 1.807) is 6.92 Å². The van der Waals surface area contributed by atoms with E-state index in [4.69, 9.17) is 13.9 Å². The molecule has 0 atom stereocenters. The van der Waals surface area contributed by atoms with Gasteiger partial charge in [0.2, 0.25) is 11.7 Å². The summed E-state index contributed by atoms with van der Waals surface area (Å²) in [4.78, 5) is 19.4. The third kappa shape index (κ3) is 4.54. The molecule has 6 nitrogen and oxygen atoms in total. The Kier molecular flexibility index (Phi) is 6.01. The molecule has 1 aromatic carbocycles. The van der Waals surface area contributed by atoms with Gasteiger partial charge in [-0.2, -0.15) is 0 Å². The third-order valence-corrected chi connectivity index (χ3v) is 5.92. The van der Waals surface area contributed by atoms with Gasteiger partial charge in [-0.3, -0.25) is 4.79 Å². The fraction of sp³-hybridized carbons (Fsp3) is 0.565. The van der Waals surface area contributed by atoms with Crippen molar-refractivity contribution in [2.24, 2.45) is 5.92 Å². The number of aromatic nitrogens is 1. The number of aryl methyl sites for hydroxylation is 2. The lowest BCUT2D eigenvalue weighted by molar-refractivity contribution is -0.266. The van der Waals surface area contributed by atoms with Crippen LogP contribution in [0.25, 0.3) is 11.5 Å². The topological polar surface area (TPSA) is 64.8 Å². The molecule has 2 fully saturated rings. The Morgan fingerprint density at radius 3 is 2.52 bits per heavy atom. The molecule has 4 rings (SSSR count). The molecule has 2 aliphatic heterocycles. The number of amides is 1. The second kappa shape index (κ2) is 8.67. The number of piperidine rings is 1. The van der Waals surface area contributed by atoms with E-state index >= 15 is 0 Å². The standard InChI is InChI=1S/C23H30N2O4/c1-17-20(24-21(29-17)19-9-5-3-6-10-19)12-11-18-15-27-23(2,28-16-18)22(26)25-13-7-4-8-14-25/h3,5-6,9-10,18H,4,7-8,11-16H2,1-2H3. The first-order chi connectivity index (χ1) is 14.0. The summed E-state index contributed by atoms with van der Waals surface area (Å²) < 4.78 is 17.7. The van der Waals surface area contributed by atoms with Crippen LogP contribution in [0.5, 0.6) is 0 Å². The van der Waals surface area contributed by atoms with Crippen LogP contribution in [0.4, 0.5) is 0 Å². The van der Waals surface area contributed by atoms with Crippen LogP contribution in [0.3, 0.4) is 0 Å². The van der Waals surface area contributed by atoms with E-state index in [0.717, 1.165) is 55.8 Å². The number of hydrogen-bond donors (Lipinski definition) is 0. The van der Waals surface area contributed by atoms with Crippen LogP contribution in [-0.4, -0.2) is 47.9 Å². The summed E-state index contributed by atoms with van der Waals surface area (Å²) in [6.45, 7) is 6.38. The molecule has 0 spiro atoms. The summed E-state index contributed by atoms with van der Waals surface area (Å²) >= 11 is 0. The molecule has 0 aliphatic carbocycles. The molecule has 2 aliphatic rings. The normalized spacial score (nSPS) is 25.2. The van der Waals surface area contributed by atoms with Crippen molar-refractivity contribution in [1.29, 1.82) is 0 Å². The highest BCUT2D eigenvalue weighted by Crippen LogP contribution is 2.28. The van der Waals surface area contributed by atoms with E-state index in [0.29, 0.717) is 19.1 Å². The number of nitrogens with zero attached hydrogens (tertiary/aromatic N) is 2. The molecule has 2 saturated heterocycles. The fourth-order valence-corrected chi connectivity index (χ4v) is 4.02. The quantitative estimate of drug-likeness (QED) is 0.762. The highest BCUT2D eigenvalue weighted by atomic mass is 16.7. The number of likely N-dealkylation sites (tertiary alicyclic amines) is 1. The second-order valence-corrected chi connectivity index (χ2v) is 8.21. The summed E-state index contributed by atoms with van der Waals surface area (Å²) in [5, 5.41) is 0. The Labute approximate surface area is 172 Å². The molecular formula is C23H30N2O4. The summed E-state index contributed by atoms with van der Waals surface area (Å²) in [5.41, 5.74) is 1.96. The van der Waals surface area contributed by atoms with Crippen molar-refractivity contribution in [2.75, 3.05) is 26.3 Å². The molecule has 0 radical (unpaired) electrons. The molecule has 0 unspecified atom stereocenters. The van der Waals surface area contributed by atoms with Crippen LogP contribution >= 0.6 is 0 Å². The Morgan fingerprint density at radius 2 is 1.83 bits per heavy atom. The van der Waals surface area contributed by atoms with Gasteiger partial charge in [-0.05, 0) is 58.1 Å². The maximum atomic E-state index is 12.8. The summed E-state index contributed by atoms with van der Waals surface area (Å²) in [5.74, 6) is 0.586. The SMILES string of the molecule is Cc1oc(-c2ccccc2)nc1CCC1COC(C)(C(=O)N2CCCCC2)OC1. The van der Waals surface area contributed by atoms with Crippen LogP contribution in [0, 0.1) is 12.8 Å². The second-order valence-electron chi connectivity index (χ2n) is 8.21.